The van der Waals surface area contributed by atoms with Crippen LogP contribution in [-0.2, 0) is 0 Å². The van der Waals surface area contributed by atoms with Gasteiger partial charge in [0.05, 0.1) is 5.02 Å². The lowest BCUT2D eigenvalue weighted by molar-refractivity contribution is 0.101. The highest BCUT2D eigenvalue weighted by Crippen LogP contribution is 2.23. The first-order valence-corrected chi connectivity index (χ1v) is 6.35. The predicted octanol–water partition coefficient (Wildman–Crippen LogP) is 4.43. The molecule has 0 saturated carbocycles. The summed E-state index contributed by atoms with van der Waals surface area (Å²) >= 11 is 11.8. The van der Waals surface area contributed by atoms with Crippen molar-refractivity contribution in [2.45, 2.75) is 6.92 Å². The van der Waals surface area contributed by atoms with Gasteiger partial charge in [0.1, 0.15) is 0 Å². The summed E-state index contributed by atoms with van der Waals surface area (Å²) in [7, 11) is 0. The van der Waals surface area contributed by atoms with Crippen molar-refractivity contribution in [2.24, 2.45) is 0 Å². The van der Waals surface area contributed by atoms with Crippen LogP contribution in [0.25, 0.3) is 0 Å². The molecule has 2 nitrogen and oxygen atoms in total. The van der Waals surface area contributed by atoms with Gasteiger partial charge in [-0.1, -0.05) is 47.5 Å². The summed E-state index contributed by atoms with van der Waals surface area (Å²) in [5.74, 6) is -0.262. The topological polar surface area (TPSA) is 34.1 Å². The first-order chi connectivity index (χ1) is 8.99. The number of carbonyl (C=O) groups is 2. The van der Waals surface area contributed by atoms with E-state index in [4.69, 9.17) is 23.2 Å². The molecule has 0 atom stereocenters. The minimum Gasteiger partial charge on any atom is -0.295 e. The quantitative estimate of drug-likeness (QED) is 0.785. The second kappa shape index (κ2) is 5.55. The van der Waals surface area contributed by atoms with Gasteiger partial charge in [0.25, 0.3) is 0 Å². The van der Waals surface area contributed by atoms with Crippen LogP contribution >= 0.6 is 23.2 Å². The fourth-order valence-electron chi connectivity index (χ4n) is 1.68. The molecule has 0 aliphatic rings. The SMILES string of the molecule is CC(=O)c1ccc(C(=O)c2cc(Cl)ccc2Cl)cc1. The first kappa shape index (κ1) is 13.8. The Morgan fingerprint density at radius 3 is 2.05 bits per heavy atom. The Bertz CT molecular complexity index is 646. The van der Waals surface area contributed by atoms with Gasteiger partial charge in [-0.25, -0.2) is 0 Å². The maximum atomic E-state index is 12.3. The average molecular weight is 293 g/mol. The van der Waals surface area contributed by atoms with Gasteiger partial charge in [0.15, 0.2) is 11.6 Å². The molecule has 4 heteroatoms. The lowest BCUT2D eigenvalue weighted by Crippen LogP contribution is -2.03. The van der Waals surface area contributed by atoms with Crippen molar-refractivity contribution in [1.82, 2.24) is 0 Å². The predicted molar refractivity (Wildman–Crippen MR) is 76.3 cm³/mol. The zero-order valence-corrected chi connectivity index (χ0v) is 11.6. The van der Waals surface area contributed by atoms with Gasteiger partial charge in [-0.2, -0.15) is 0 Å². The second-order valence-corrected chi connectivity index (χ2v) is 4.93. The molecule has 0 heterocycles. The third-order valence-corrected chi connectivity index (χ3v) is 3.29. The van der Waals surface area contributed by atoms with Crippen molar-refractivity contribution in [3.63, 3.8) is 0 Å². The highest BCUT2D eigenvalue weighted by atomic mass is 35.5. The van der Waals surface area contributed by atoms with Gasteiger partial charge in [-0.3, -0.25) is 9.59 Å². The summed E-state index contributed by atoms with van der Waals surface area (Å²) in [4.78, 5) is 23.4. The Morgan fingerprint density at radius 1 is 0.895 bits per heavy atom. The molecule has 0 unspecified atom stereocenters. The van der Waals surface area contributed by atoms with Crippen LogP contribution in [0.4, 0.5) is 0 Å². The standard InChI is InChI=1S/C15H10Cl2O2/c1-9(18)10-2-4-11(5-3-10)15(19)13-8-12(16)6-7-14(13)17/h2-8H,1H3. The molecule has 2 aromatic carbocycles. The maximum Gasteiger partial charge on any atom is 0.194 e. The fraction of sp³-hybridized carbons (Fsp3) is 0.0667. The third-order valence-electron chi connectivity index (χ3n) is 2.73. The highest BCUT2D eigenvalue weighted by Gasteiger charge is 2.13. The van der Waals surface area contributed by atoms with E-state index in [1.165, 1.54) is 13.0 Å². The van der Waals surface area contributed by atoms with E-state index in [1.54, 1.807) is 36.4 Å². The molecule has 0 N–H and O–H groups in total. The van der Waals surface area contributed by atoms with Crippen molar-refractivity contribution in [3.8, 4) is 0 Å². The van der Waals surface area contributed by atoms with E-state index in [9.17, 15) is 9.59 Å². The van der Waals surface area contributed by atoms with Gasteiger partial charge in [-0.05, 0) is 25.1 Å². The van der Waals surface area contributed by atoms with E-state index >= 15 is 0 Å². The van der Waals surface area contributed by atoms with Gasteiger partial charge in [-0.15, -0.1) is 0 Å². The largest absolute Gasteiger partial charge is 0.295 e. The lowest BCUT2D eigenvalue weighted by atomic mass is 10.0. The number of ketones is 2. The van der Waals surface area contributed by atoms with Crippen LogP contribution in [0.1, 0.15) is 33.2 Å². The number of Topliss-reactive ketones (excluding diaryl/α,β-unsaturated/α-hetero) is 1. The number of carbonyl (C=O) groups excluding carboxylic acids is 2. The van der Waals surface area contributed by atoms with Crippen molar-refractivity contribution in [3.05, 3.63) is 69.2 Å². The molecule has 0 aliphatic carbocycles. The first-order valence-electron chi connectivity index (χ1n) is 5.60. The molecule has 0 spiro atoms. The molecule has 0 saturated heterocycles. The summed E-state index contributed by atoms with van der Waals surface area (Å²) in [6, 6.07) is 11.2. The molecule has 19 heavy (non-hydrogen) atoms. The molecule has 0 radical (unpaired) electrons. The van der Waals surface area contributed by atoms with Crippen molar-refractivity contribution >= 4 is 34.8 Å². The Labute approximate surface area is 121 Å². The Morgan fingerprint density at radius 2 is 1.47 bits per heavy atom. The summed E-state index contributed by atoms with van der Waals surface area (Å²) < 4.78 is 0. The molecule has 2 aromatic rings. The molecular formula is C15H10Cl2O2. The third kappa shape index (κ3) is 3.03. The van der Waals surface area contributed by atoms with E-state index in [0.717, 1.165) is 0 Å². The summed E-state index contributed by atoms with van der Waals surface area (Å²) in [6.45, 7) is 1.48. The molecule has 0 amide bonds. The molecular weight excluding hydrogens is 283 g/mol. The highest BCUT2D eigenvalue weighted by molar-refractivity contribution is 6.36. The smallest absolute Gasteiger partial charge is 0.194 e. The average Bonchev–Trinajstić information content (AvgIpc) is 2.41. The molecule has 2 rings (SSSR count). The Balaban J connectivity index is 2.38. The minimum atomic E-state index is -0.220. The van der Waals surface area contributed by atoms with E-state index in [2.05, 4.69) is 0 Å². The molecule has 0 bridgehead atoms. The van der Waals surface area contributed by atoms with Gasteiger partial charge in [0, 0.05) is 21.7 Å². The van der Waals surface area contributed by atoms with Crippen LogP contribution in [0.2, 0.25) is 10.0 Å². The van der Waals surface area contributed by atoms with E-state index < -0.39 is 0 Å². The monoisotopic (exact) mass is 292 g/mol. The van der Waals surface area contributed by atoms with E-state index in [-0.39, 0.29) is 11.6 Å². The zero-order valence-electron chi connectivity index (χ0n) is 10.1. The van der Waals surface area contributed by atoms with Crippen molar-refractivity contribution in [1.29, 1.82) is 0 Å². The molecule has 96 valence electrons. The summed E-state index contributed by atoms with van der Waals surface area (Å²) in [5, 5.41) is 0.804. The number of rotatable bonds is 3. The van der Waals surface area contributed by atoms with Crippen LogP contribution in [0.3, 0.4) is 0 Å². The zero-order chi connectivity index (χ0) is 14.0. The number of halogens is 2. The molecule has 0 aliphatic heterocycles. The van der Waals surface area contributed by atoms with Gasteiger partial charge < -0.3 is 0 Å². The van der Waals surface area contributed by atoms with E-state index in [0.29, 0.717) is 26.7 Å². The number of benzene rings is 2. The normalized spacial score (nSPS) is 10.3. The Hall–Kier alpha value is -1.64. The van der Waals surface area contributed by atoms with E-state index in [1.807, 2.05) is 0 Å². The summed E-state index contributed by atoms with van der Waals surface area (Å²) in [5.41, 5.74) is 1.38. The minimum absolute atomic E-state index is 0.0419. The van der Waals surface area contributed by atoms with Crippen LogP contribution in [0.5, 0.6) is 0 Å². The van der Waals surface area contributed by atoms with Crippen LogP contribution in [-0.4, -0.2) is 11.6 Å². The lowest BCUT2D eigenvalue weighted by Gasteiger charge is -2.05. The molecule has 0 aromatic heterocycles. The van der Waals surface area contributed by atoms with Gasteiger partial charge in [0.2, 0.25) is 0 Å². The van der Waals surface area contributed by atoms with Gasteiger partial charge >= 0.3 is 0 Å². The van der Waals surface area contributed by atoms with Crippen LogP contribution in [0, 0.1) is 0 Å². The number of hydrogen-bond donors (Lipinski definition) is 0. The van der Waals surface area contributed by atoms with Crippen LogP contribution < -0.4 is 0 Å². The van der Waals surface area contributed by atoms with Crippen molar-refractivity contribution < 1.29 is 9.59 Å². The molecule has 0 fully saturated rings. The second-order valence-electron chi connectivity index (χ2n) is 4.09. The maximum absolute atomic E-state index is 12.3. The Kier molecular flexibility index (Phi) is 4.03. The van der Waals surface area contributed by atoms with Crippen molar-refractivity contribution in [2.75, 3.05) is 0 Å². The van der Waals surface area contributed by atoms with Crippen LogP contribution in [0.15, 0.2) is 42.5 Å². The number of hydrogen-bond acceptors (Lipinski definition) is 2. The fourth-order valence-corrected chi connectivity index (χ4v) is 2.06. The summed E-state index contributed by atoms with van der Waals surface area (Å²) in [6.07, 6.45) is 0.